The first-order valence-corrected chi connectivity index (χ1v) is 5.13. The predicted octanol–water partition coefficient (Wildman–Crippen LogP) is -0.874. The van der Waals surface area contributed by atoms with Crippen LogP contribution >= 0.6 is 23.2 Å². The Kier molecular flexibility index (Phi) is 8.76. The highest BCUT2D eigenvalue weighted by Gasteiger charge is 2.15. The molecule has 0 aliphatic heterocycles. The molecule has 0 aromatic carbocycles. The van der Waals surface area contributed by atoms with E-state index in [1.54, 1.807) is 0 Å². The first kappa shape index (κ1) is 15.8. The zero-order valence-corrected chi connectivity index (χ0v) is 9.78. The lowest BCUT2D eigenvalue weighted by Crippen LogP contribution is -2.26. The summed E-state index contributed by atoms with van der Waals surface area (Å²) in [6.45, 7) is -0.164. The van der Waals surface area contributed by atoms with Crippen LogP contribution in [0.3, 0.4) is 0 Å². The molecule has 10 heteroatoms. The maximum absolute atomic E-state index is 11.0. The molecular weight excluding hydrogens is 250 g/mol. The molecule has 0 saturated carbocycles. The van der Waals surface area contributed by atoms with Crippen molar-refractivity contribution < 1.29 is 19.1 Å². The lowest BCUT2D eigenvalue weighted by molar-refractivity contribution is -0.147. The molecular formula is C6H6B4Cl2O4. The highest BCUT2D eigenvalue weighted by molar-refractivity contribution is 6.96. The van der Waals surface area contributed by atoms with Gasteiger partial charge >= 0.3 is 11.9 Å². The van der Waals surface area contributed by atoms with Crippen molar-refractivity contribution >= 4 is 65.0 Å². The quantitative estimate of drug-likeness (QED) is 0.337. The normalized spacial score (nSPS) is 13.4. The van der Waals surface area contributed by atoms with Crippen LogP contribution in [-0.2, 0) is 19.1 Å². The molecule has 16 heavy (non-hydrogen) atoms. The Bertz CT molecular complexity index is 243. The minimum absolute atomic E-state index is 0.142. The zero-order chi connectivity index (χ0) is 12.6. The number of ether oxygens (including phenoxy) is 2. The smallest absolute Gasteiger partial charge is 0.314 e. The van der Waals surface area contributed by atoms with Crippen LogP contribution in [0.1, 0.15) is 6.42 Å². The first-order valence-electron chi connectivity index (χ1n) is 4.25. The van der Waals surface area contributed by atoms with Gasteiger partial charge in [0.2, 0.25) is 0 Å². The van der Waals surface area contributed by atoms with Gasteiger partial charge in [0.05, 0.1) is 18.9 Å². The highest BCUT2D eigenvalue weighted by Crippen LogP contribution is 2.00. The second-order valence-corrected chi connectivity index (χ2v) is 3.45. The van der Waals surface area contributed by atoms with E-state index in [1.165, 1.54) is 0 Å². The van der Waals surface area contributed by atoms with Crippen LogP contribution in [0, 0.1) is 0 Å². The number of hydrogen-bond acceptors (Lipinski definition) is 4. The number of alkyl halides is 2. The monoisotopic (exact) mass is 256 g/mol. The topological polar surface area (TPSA) is 52.6 Å². The van der Waals surface area contributed by atoms with Gasteiger partial charge < -0.3 is 9.47 Å². The van der Waals surface area contributed by atoms with E-state index in [0.29, 0.717) is 0 Å². The number of hydrogen-bond donors (Lipinski definition) is 0. The van der Waals surface area contributed by atoms with Crippen molar-refractivity contribution in [2.75, 3.05) is 6.61 Å². The Morgan fingerprint density at radius 3 is 2.38 bits per heavy atom. The van der Waals surface area contributed by atoms with Crippen LogP contribution in [-0.4, -0.2) is 59.1 Å². The summed E-state index contributed by atoms with van der Waals surface area (Å²) in [5, 5.41) is -1.03. The predicted molar refractivity (Wildman–Crippen MR) is 64.0 cm³/mol. The van der Waals surface area contributed by atoms with Gasteiger partial charge in [-0.05, 0) is 0 Å². The lowest BCUT2D eigenvalue weighted by Gasteiger charge is -2.10. The molecule has 0 bridgehead atoms. The minimum atomic E-state index is -1.03. The van der Waals surface area contributed by atoms with Crippen LogP contribution in [0.4, 0.5) is 0 Å². The summed E-state index contributed by atoms with van der Waals surface area (Å²) in [4.78, 5) is 22.0. The van der Waals surface area contributed by atoms with Crippen molar-refractivity contribution in [1.29, 1.82) is 0 Å². The van der Waals surface area contributed by atoms with Crippen molar-refractivity contribution in [1.82, 2.24) is 0 Å². The molecule has 0 N–H and O–H groups in total. The third-order valence-corrected chi connectivity index (χ3v) is 1.90. The van der Waals surface area contributed by atoms with Gasteiger partial charge in [-0.2, -0.15) is 0 Å². The number of carbonyl (C=O) groups is 2. The van der Waals surface area contributed by atoms with Crippen LogP contribution in [0.5, 0.6) is 0 Å². The molecule has 6 radical (unpaired) electrons. The molecule has 0 saturated heterocycles. The van der Waals surface area contributed by atoms with Gasteiger partial charge in [0.25, 0.3) is 0 Å². The molecule has 80 valence electrons. The fourth-order valence-electron chi connectivity index (χ4n) is 0.617. The Balaban J connectivity index is 3.66. The first-order chi connectivity index (χ1) is 7.51. The van der Waals surface area contributed by atoms with Crippen molar-refractivity contribution in [3.63, 3.8) is 0 Å². The average molecular weight is 256 g/mol. The minimum Gasteiger partial charge on any atom is -0.465 e. The van der Waals surface area contributed by atoms with E-state index in [9.17, 15) is 9.59 Å². The number of carbonyl (C=O) groups excluding carboxylic acids is 2. The standard InChI is InChI=1S/C6H6B4Cl2O4/c7-9-4(11)5(14)15-2-1-3(13)16-6(12)10-8/h4,6H,1-2H2. The van der Waals surface area contributed by atoms with Gasteiger partial charge in [-0.1, -0.05) is 11.6 Å². The summed E-state index contributed by atoms with van der Waals surface area (Å²) >= 11 is 10.8. The van der Waals surface area contributed by atoms with Gasteiger partial charge in [0, 0.05) is 15.5 Å². The van der Waals surface area contributed by atoms with Crippen LogP contribution in [0.2, 0.25) is 0 Å². The van der Waals surface area contributed by atoms with E-state index in [-0.39, 0.29) is 13.0 Å². The van der Waals surface area contributed by atoms with E-state index in [4.69, 9.17) is 38.7 Å². The summed E-state index contributed by atoms with van der Waals surface area (Å²) in [6, 6.07) is 0. The molecule has 0 aromatic heterocycles. The maximum Gasteiger partial charge on any atom is 0.314 e. The molecule has 0 fully saturated rings. The van der Waals surface area contributed by atoms with Crippen LogP contribution in [0.15, 0.2) is 0 Å². The fourth-order valence-corrected chi connectivity index (χ4v) is 0.779. The Hall–Kier alpha value is -0.220. The SMILES string of the molecule is [B][B]C(Cl)OC(=O)CCOC(=O)C(Cl)[B][B]. The van der Waals surface area contributed by atoms with Gasteiger partial charge in [-0.3, -0.25) is 9.59 Å². The van der Waals surface area contributed by atoms with E-state index >= 15 is 0 Å². The highest BCUT2D eigenvalue weighted by atomic mass is 35.5. The van der Waals surface area contributed by atoms with E-state index in [1.807, 2.05) is 0 Å². The third-order valence-electron chi connectivity index (χ3n) is 1.34. The summed E-state index contributed by atoms with van der Waals surface area (Å²) in [7, 11) is 12.0. The van der Waals surface area contributed by atoms with E-state index in [2.05, 4.69) is 9.47 Å². The van der Waals surface area contributed by atoms with Crippen molar-refractivity contribution in [3.8, 4) is 0 Å². The Morgan fingerprint density at radius 2 is 1.88 bits per heavy atom. The summed E-state index contributed by atoms with van der Waals surface area (Å²) < 4.78 is 9.17. The fraction of sp³-hybridized carbons (Fsp3) is 0.667. The molecule has 0 amide bonds. The third kappa shape index (κ3) is 7.12. The molecule has 0 aliphatic rings. The molecule has 0 aliphatic carbocycles. The molecule has 2 atom stereocenters. The van der Waals surface area contributed by atoms with Crippen LogP contribution in [0.25, 0.3) is 0 Å². The second-order valence-electron chi connectivity index (χ2n) is 2.55. The lowest BCUT2D eigenvalue weighted by atomic mass is 9.53. The summed E-state index contributed by atoms with van der Waals surface area (Å²) in [6.07, 6.45) is -0.142. The van der Waals surface area contributed by atoms with Gasteiger partial charge in [0.1, 0.15) is 19.2 Å². The zero-order valence-electron chi connectivity index (χ0n) is 8.27. The molecule has 0 heterocycles. The largest absolute Gasteiger partial charge is 0.465 e. The molecule has 0 rings (SSSR count). The Morgan fingerprint density at radius 1 is 1.25 bits per heavy atom. The summed E-state index contributed by atoms with van der Waals surface area (Å²) in [5.41, 5.74) is -0.999. The van der Waals surface area contributed by atoms with Crippen LogP contribution < -0.4 is 0 Å². The number of rotatable bonds is 7. The van der Waals surface area contributed by atoms with Crippen molar-refractivity contribution in [2.24, 2.45) is 0 Å². The van der Waals surface area contributed by atoms with Gasteiger partial charge in [0.15, 0.2) is 0 Å². The number of esters is 2. The second kappa shape index (κ2) is 8.88. The number of halogens is 2. The molecule has 4 nitrogen and oxygen atoms in total. The van der Waals surface area contributed by atoms with Crippen molar-refractivity contribution in [2.45, 2.75) is 17.2 Å². The van der Waals surface area contributed by atoms with Gasteiger partial charge in [-0.25, -0.2) is 0 Å². The molecule has 0 aromatic rings. The van der Waals surface area contributed by atoms with Gasteiger partial charge in [-0.15, -0.1) is 11.6 Å². The van der Waals surface area contributed by atoms with E-state index < -0.39 is 22.7 Å². The molecule has 2 unspecified atom stereocenters. The van der Waals surface area contributed by atoms with E-state index in [0.717, 1.165) is 14.3 Å². The molecule has 0 spiro atoms. The maximum atomic E-state index is 11.0. The Labute approximate surface area is 108 Å². The average Bonchev–Trinajstić information content (AvgIpc) is 2.27. The summed E-state index contributed by atoms with van der Waals surface area (Å²) in [5.74, 6) is -1.37. The van der Waals surface area contributed by atoms with Crippen molar-refractivity contribution in [3.05, 3.63) is 0 Å².